The fourth-order valence-corrected chi connectivity index (χ4v) is 2.16. The largest absolute Gasteiger partial charge is 0.347 e. The van der Waals surface area contributed by atoms with Crippen LogP contribution in [0.4, 0.5) is 0 Å². The molecular weight excluding hydrogens is 252 g/mol. The second-order valence-electron chi connectivity index (χ2n) is 6.19. The first-order valence-electron chi connectivity index (χ1n) is 7.43. The van der Waals surface area contributed by atoms with E-state index in [4.69, 9.17) is 9.47 Å². The Morgan fingerprint density at radius 3 is 2.35 bits per heavy atom. The zero-order valence-electron chi connectivity index (χ0n) is 13.5. The summed E-state index contributed by atoms with van der Waals surface area (Å²) in [5, 5.41) is 0. The minimum atomic E-state index is -0.615. The quantitative estimate of drug-likeness (QED) is 0.656. The van der Waals surface area contributed by atoms with Gasteiger partial charge in [-0.25, -0.2) is 0 Å². The van der Waals surface area contributed by atoms with Crippen LogP contribution in [0.2, 0.25) is 0 Å². The third kappa shape index (κ3) is 6.49. The van der Waals surface area contributed by atoms with E-state index in [2.05, 4.69) is 32.9 Å². The summed E-state index contributed by atoms with van der Waals surface area (Å²) in [6, 6.07) is 0. The van der Waals surface area contributed by atoms with Crippen LogP contribution in [0.5, 0.6) is 0 Å². The summed E-state index contributed by atoms with van der Waals surface area (Å²) in [6.07, 6.45) is 7.49. The molecule has 0 aliphatic carbocycles. The summed E-state index contributed by atoms with van der Waals surface area (Å²) in [4.78, 5) is 12.0. The van der Waals surface area contributed by atoms with Crippen LogP contribution in [0.3, 0.4) is 0 Å². The van der Waals surface area contributed by atoms with Crippen LogP contribution >= 0.6 is 0 Å². The summed E-state index contributed by atoms with van der Waals surface area (Å²) >= 11 is 0. The summed E-state index contributed by atoms with van der Waals surface area (Å²) < 4.78 is 11.0. The fourth-order valence-electron chi connectivity index (χ4n) is 2.16. The maximum atomic E-state index is 12.0. The van der Waals surface area contributed by atoms with Crippen LogP contribution in [0.25, 0.3) is 0 Å². The molecule has 0 amide bonds. The van der Waals surface area contributed by atoms with E-state index in [1.54, 1.807) is 0 Å². The molecule has 0 radical (unpaired) electrons. The Kier molecular flexibility index (Phi) is 6.63. The first kappa shape index (κ1) is 17.1. The SMILES string of the molecule is CC(C)=CCC/C(C)=C/CCC(=O)[C@H]1COC(C)(C)O1. The number of ketones is 1. The second-order valence-corrected chi connectivity index (χ2v) is 6.19. The lowest BCUT2D eigenvalue weighted by Gasteiger charge is -2.16. The van der Waals surface area contributed by atoms with E-state index < -0.39 is 5.79 Å². The average molecular weight is 280 g/mol. The van der Waals surface area contributed by atoms with E-state index in [1.165, 1.54) is 11.1 Å². The smallest absolute Gasteiger partial charge is 0.164 e. The van der Waals surface area contributed by atoms with Crippen LogP contribution in [-0.4, -0.2) is 24.3 Å². The number of hydrogen-bond donors (Lipinski definition) is 0. The third-order valence-corrected chi connectivity index (χ3v) is 3.34. The standard InChI is InChI=1S/C17H28O3/c1-13(2)8-6-9-14(3)10-7-11-15(18)16-12-19-17(4,5)20-16/h8,10,16H,6-7,9,11-12H2,1-5H3/b14-10+/t16-/m1/s1. The molecular formula is C17H28O3. The number of rotatable bonds is 7. The summed E-state index contributed by atoms with van der Waals surface area (Å²) in [5.41, 5.74) is 2.70. The minimum Gasteiger partial charge on any atom is -0.347 e. The van der Waals surface area contributed by atoms with Crippen molar-refractivity contribution in [3.05, 3.63) is 23.3 Å². The van der Waals surface area contributed by atoms with Gasteiger partial charge in [-0.15, -0.1) is 0 Å². The van der Waals surface area contributed by atoms with Crippen LogP contribution in [-0.2, 0) is 14.3 Å². The summed E-state index contributed by atoms with van der Waals surface area (Å²) in [7, 11) is 0. The lowest BCUT2D eigenvalue weighted by atomic mass is 10.1. The molecule has 0 aromatic carbocycles. The number of Topliss-reactive ketones (excluding diaryl/α,β-unsaturated/α-hetero) is 1. The maximum Gasteiger partial charge on any atom is 0.164 e. The van der Waals surface area contributed by atoms with Crippen molar-refractivity contribution in [3.8, 4) is 0 Å². The summed E-state index contributed by atoms with van der Waals surface area (Å²) in [6.45, 7) is 10.4. The van der Waals surface area contributed by atoms with Gasteiger partial charge in [-0.1, -0.05) is 23.3 Å². The van der Waals surface area contributed by atoms with E-state index in [1.807, 2.05) is 13.8 Å². The molecule has 3 heteroatoms. The fraction of sp³-hybridized carbons (Fsp3) is 0.706. The van der Waals surface area contributed by atoms with Crippen molar-refractivity contribution < 1.29 is 14.3 Å². The highest BCUT2D eigenvalue weighted by atomic mass is 16.7. The summed E-state index contributed by atoms with van der Waals surface area (Å²) in [5.74, 6) is -0.472. The molecule has 0 N–H and O–H groups in total. The van der Waals surface area contributed by atoms with Crippen molar-refractivity contribution in [2.24, 2.45) is 0 Å². The Labute approximate surface area is 123 Å². The third-order valence-electron chi connectivity index (χ3n) is 3.34. The number of ether oxygens (including phenoxy) is 2. The van der Waals surface area contributed by atoms with Gasteiger partial charge in [-0.3, -0.25) is 4.79 Å². The predicted octanol–water partition coefficient (Wildman–Crippen LogP) is 4.18. The molecule has 1 rings (SSSR count). The molecule has 0 aromatic heterocycles. The van der Waals surface area contributed by atoms with E-state index in [-0.39, 0.29) is 11.9 Å². The second kappa shape index (κ2) is 7.75. The van der Waals surface area contributed by atoms with Gasteiger partial charge in [0.15, 0.2) is 11.6 Å². The molecule has 0 bridgehead atoms. The molecule has 114 valence electrons. The molecule has 20 heavy (non-hydrogen) atoms. The lowest BCUT2D eigenvalue weighted by Crippen LogP contribution is -2.26. The normalized spacial score (nSPS) is 21.9. The Morgan fingerprint density at radius 1 is 1.15 bits per heavy atom. The zero-order chi connectivity index (χ0) is 15.2. The highest BCUT2D eigenvalue weighted by Crippen LogP contribution is 2.23. The molecule has 1 atom stereocenters. The Bertz CT molecular complexity index is 387. The average Bonchev–Trinajstić information content (AvgIpc) is 2.69. The lowest BCUT2D eigenvalue weighted by molar-refractivity contribution is -0.151. The highest BCUT2D eigenvalue weighted by Gasteiger charge is 2.36. The minimum absolute atomic E-state index is 0.143. The van der Waals surface area contributed by atoms with Crippen molar-refractivity contribution in [1.82, 2.24) is 0 Å². The van der Waals surface area contributed by atoms with Gasteiger partial charge >= 0.3 is 0 Å². The van der Waals surface area contributed by atoms with Crippen molar-refractivity contribution in [2.75, 3.05) is 6.61 Å². The molecule has 1 aliphatic rings. The Hall–Kier alpha value is -0.930. The van der Waals surface area contributed by atoms with Gasteiger partial charge in [0.25, 0.3) is 0 Å². The molecule has 0 saturated carbocycles. The molecule has 1 aliphatic heterocycles. The van der Waals surface area contributed by atoms with Gasteiger partial charge in [-0.2, -0.15) is 0 Å². The van der Waals surface area contributed by atoms with Gasteiger partial charge < -0.3 is 9.47 Å². The number of carbonyl (C=O) groups is 1. The van der Waals surface area contributed by atoms with Gasteiger partial charge in [0.05, 0.1) is 6.61 Å². The van der Waals surface area contributed by atoms with E-state index in [0.29, 0.717) is 13.0 Å². The molecule has 1 heterocycles. The van der Waals surface area contributed by atoms with Gasteiger partial charge in [-0.05, 0) is 53.9 Å². The van der Waals surface area contributed by atoms with Crippen molar-refractivity contribution in [3.63, 3.8) is 0 Å². The molecule has 1 fully saturated rings. The van der Waals surface area contributed by atoms with Crippen LogP contribution in [0.15, 0.2) is 23.3 Å². The van der Waals surface area contributed by atoms with Gasteiger partial charge in [0.2, 0.25) is 0 Å². The first-order chi connectivity index (χ1) is 9.30. The van der Waals surface area contributed by atoms with Gasteiger partial charge in [0, 0.05) is 6.42 Å². The van der Waals surface area contributed by atoms with Crippen molar-refractivity contribution in [1.29, 1.82) is 0 Å². The zero-order valence-corrected chi connectivity index (χ0v) is 13.5. The Balaban J connectivity index is 2.26. The monoisotopic (exact) mass is 280 g/mol. The molecule has 3 nitrogen and oxygen atoms in total. The molecule has 0 spiro atoms. The van der Waals surface area contributed by atoms with Crippen LogP contribution in [0.1, 0.15) is 60.3 Å². The number of hydrogen-bond acceptors (Lipinski definition) is 3. The number of allylic oxidation sites excluding steroid dienone is 4. The molecule has 0 aromatic rings. The topological polar surface area (TPSA) is 35.5 Å². The Morgan fingerprint density at radius 2 is 1.80 bits per heavy atom. The van der Waals surface area contributed by atoms with Crippen LogP contribution < -0.4 is 0 Å². The number of carbonyl (C=O) groups excluding carboxylic acids is 1. The van der Waals surface area contributed by atoms with Gasteiger partial charge in [0.1, 0.15) is 6.10 Å². The van der Waals surface area contributed by atoms with Crippen LogP contribution in [0, 0.1) is 0 Å². The molecule has 1 saturated heterocycles. The van der Waals surface area contributed by atoms with E-state index in [0.717, 1.165) is 19.3 Å². The van der Waals surface area contributed by atoms with Crippen molar-refractivity contribution in [2.45, 2.75) is 72.2 Å². The first-order valence-corrected chi connectivity index (χ1v) is 7.43. The van der Waals surface area contributed by atoms with E-state index in [9.17, 15) is 4.79 Å². The maximum absolute atomic E-state index is 12.0. The van der Waals surface area contributed by atoms with E-state index >= 15 is 0 Å². The predicted molar refractivity (Wildman–Crippen MR) is 81.6 cm³/mol. The highest BCUT2D eigenvalue weighted by molar-refractivity contribution is 5.83. The van der Waals surface area contributed by atoms with Crippen molar-refractivity contribution >= 4 is 5.78 Å². The molecule has 0 unspecified atom stereocenters.